The molecule has 164 valence electrons. The van der Waals surface area contributed by atoms with Crippen molar-refractivity contribution >= 4 is 27.3 Å². The van der Waals surface area contributed by atoms with Gasteiger partial charge in [0.15, 0.2) is 5.82 Å². The summed E-state index contributed by atoms with van der Waals surface area (Å²) in [5, 5.41) is 3.97. The fourth-order valence-electron chi connectivity index (χ4n) is 3.80. The number of carbonyl (C=O) groups is 1. The highest BCUT2D eigenvalue weighted by molar-refractivity contribution is 7.87. The number of hydrogen-bond acceptors (Lipinski definition) is 5. The number of pyridine rings is 1. The average molecular weight is 449 g/mol. The highest BCUT2D eigenvalue weighted by atomic mass is 32.2. The average Bonchev–Trinajstić information content (AvgIpc) is 3.35. The molecular formula is C20H21F2N5O3S. The molecule has 11 heteroatoms. The van der Waals surface area contributed by atoms with Crippen LogP contribution in [0.3, 0.4) is 0 Å². The molecule has 0 radical (unpaired) electrons. The van der Waals surface area contributed by atoms with Crippen LogP contribution in [0, 0.1) is 11.6 Å². The molecule has 1 aliphatic heterocycles. The number of anilines is 1. The summed E-state index contributed by atoms with van der Waals surface area (Å²) in [7, 11) is -1.51. The van der Waals surface area contributed by atoms with E-state index in [9.17, 15) is 17.6 Å². The Balaban J connectivity index is 1.74. The summed E-state index contributed by atoms with van der Waals surface area (Å²) < 4.78 is 57.3. The van der Waals surface area contributed by atoms with E-state index in [4.69, 9.17) is 0 Å². The van der Waals surface area contributed by atoms with E-state index in [1.54, 1.807) is 18.2 Å². The number of aromatic nitrogens is 2. The number of amides is 1. The second kappa shape index (κ2) is 7.89. The molecule has 1 amide bonds. The molecule has 1 aromatic carbocycles. The summed E-state index contributed by atoms with van der Waals surface area (Å²) in [5.74, 6) is -2.05. The summed E-state index contributed by atoms with van der Waals surface area (Å²) in [6.45, 7) is 0.555. The van der Waals surface area contributed by atoms with Crippen LogP contribution in [-0.4, -0.2) is 48.9 Å². The van der Waals surface area contributed by atoms with Crippen LogP contribution in [0.25, 0.3) is 5.52 Å². The Kier molecular flexibility index (Phi) is 5.40. The fourth-order valence-corrected chi connectivity index (χ4v) is 4.32. The standard InChI is InChI=1S/C20H21F2N5O3S/c1-25(2)31(29,30)24-20(28)15-12-23-27-10-8-17(18(22)19(15)27)26-9-4-7-16(26)13-5-3-6-14(21)11-13/h3,5-6,8,10-12,16H,4,7,9H2,1-2H3,(H,24,28). The van der Waals surface area contributed by atoms with E-state index in [0.29, 0.717) is 6.54 Å². The number of carbonyl (C=O) groups excluding carboxylic acids is 1. The molecule has 1 N–H and O–H groups in total. The van der Waals surface area contributed by atoms with Gasteiger partial charge in [0, 0.05) is 26.8 Å². The maximum atomic E-state index is 15.6. The molecule has 0 aliphatic carbocycles. The lowest BCUT2D eigenvalue weighted by atomic mass is 10.0. The van der Waals surface area contributed by atoms with Gasteiger partial charge in [-0.1, -0.05) is 12.1 Å². The van der Waals surface area contributed by atoms with Gasteiger partial charge in [-0.05, 0) is 36.6 Å². The van der Waals surface area contributed by atoms with Crippen molar-refractivity contribution in [3.8, 4) is 0 Å². The molecule has 0 saturated carbocycles. The molecule has 1 unspecified atom stereocenters. The van der Waals surface area contributed by atoms with E-state index in [2.05, 4.69) is 5.10 Å². The Hall–Kier alpha value is -3.05. The first-order valence-corrected chi connectivity index (χ1v) is 11.1. The van der Waals surface area contributed by atoms with Gasteiger partial charge in [0.1, 0.15) is 11.3 Å². The fraction of sp³-hybridized carbons (Fsp3) is 0.300. The summed E-state index contributed by atoms with van der Waals surface area (Å²) in [6.07, 6.45) is 4.14. The zero-order chi connectivity index (χ0) is 22.3. The molecule has 3 heterocycles. The van der Waals surface area contributed by atoms with E-state index in [1.165, 1.54) is 36.9 Å². The zero-order valence-electron chi connectivity index (χ0n) is 16.9. The third-order valence-electron chi connectivity index (χ3n) is 5.34. The summed E-state index contributed by atoms with van der Waals surface area (Å²) >= 11 is 0. The smallest absolute Gasteiger partial charge is 0.303 e. The highest BCUT2D eigenvalue weighted by Crippen LogP contribution is 2.38. The zero-order valence-corrected chi connectivity index (χ0v) is 17.7. The van der Waals surface area contributed by atoms with Crippen LogP contribution in [0.4, 0.5) is 14.5 Å². The molecule has 31 heavy (non-hydrogen) atoms. The first-order valence-electron chi connectivity index (χ1n) is 9.61. The van der Waals surface area contributed by atoms with Crippen molar-refractivity contribution in [1.82, 2.24) is 18.6 Å². The number of hydrogen-bond donors (Lipinski definition) is 1. The second-order valence-electron chi connectivity index (χ2n) is 7.49. The summed E-state index contributed by atoms with van der Waals surface area (Å²) in [6, 6.07) is 7.53. The number of benzene rings is 1. The van der Waals surface area contributed by atoms with Crippen LogP contribution >= 0.6 is 0 Å². The van der Waals surface area contributed by atoms with E-state index >= 15 is 4.39 Å². The number of fused-ring (bicyclic) bond motifs is 1. The molecule has 0 bridgehead atoms. The SMILES string of the molecule is CN(C)S(=O)(=O)NC(=O)c1cnn2ccc(N3CCCC3c3cccc(F)c3)c(F)c12. The minimum Gasteiger partial charge on any atom is -0.362 e. The van der Waals surface area contributed by atoms with Crippen molar-refractivity contribution in [3.05, 3.63) is 65.5 Å². The lowest BCUT2D eigenvalue weighted by Crippen LogP contribution is -2.39. The lowest BCUT2D eigenvalue weighted by molar-refractivity contribution is 0.0981. The van der Waals surface area contributed by atoms with E-state index < -0.39 is 21.9 Å². The van der Waals surface area contributed by atoms with E-state index in [-0.39, 0.29) is 28.6 Å². The summed E-state index contributed by atoms with van der Waals surface area (Å²) in [5.41, 5.74) is 0.643. The molecular weight excluding hydrogens is 428 g/mol. The van der Waals surface area contributed by atoms with Crippen LogP contribution in [-0.2, 0) is 10.2 Å². The third kappa shape index (κ3) is 3.86. The Morgan fingerprint density at radius 2 is 2.03 bits per heavy atom. The normalized spacial score (nSPS) is 16.9. The van der Waals surface area contributed by atoms with Crippen molar-refractivity contribution in [1.29, 1.82) is 0 Å². The monoisotopic (exact) mass is 449 g/mol. The van der Waals surface area contributed by atoms with Crippen molar-refractivity contribution in [3.63, 3.8) is 0 Å². The van der Waals surface area contributed by atoms with E-state index in [1.807, 2.05) is 9.62 Å². The molecule has 4 rings (SSSR count). The van der Waals surface area contributed by atoms with Crippen molar-refractivity contribution in [2.24, 2.45) is 0 Å². The Morgan fingerprint density at radius 1 is 1.26 bits per heavy atom. The van der Waals surface area contributed by atoms with Gasteiger partial charge < -0.3 is 4.90 Å². The predicted molar refractivity (Wildman–Crippen MR) is 111 cm³/mol. The number of nitrogens with zero attached hydrogens (tertiary/aromatic N) is 4. The second-order valence-corrected chi connectivity index (χ2v) is 9.38. The van der Waals surface area contributed by atoms with Gasteiger partial charge in [-0.25, -0.2) is 18.0 Å². The molecule has 1 fully saturated rings. The Morgan fingerprint density at radius 3 is 2.74 bits per heavy atom. The highest BCUT2D eigenvalue weighted by Gasteiger charge is 2.31. The lowest BCUT2D eigenvalue weighted by Gasteiger charge is -2.28. The van der Waals surface area contributed by atoms with Crippen molar-refractivity contribution < 1.29 is 22.0 Å². The Labute approximate surface area is 178 Å². The molecule has 2 aromatic heterocycles. The van der Waals surface area contributed by atoms with E-state index in [0.717, 1.165) is 28.9 Å². The van der Waals surface area contributed by atoms with Crippen molar-refractivity contribution in [2.45, 2.75) is 18.9 Å². The minimum absolute atomic E-state index is 0.131. The molecule has 1 saturated heterocycles. The quantitative estimate of drug-likeness (QED) is 0.647. The first-order chi connectivity index (χ1) is 14.7. The minimum atomic E-state index is -4.05. The van der Waals surface area contributed by atoms with Gasteiger partial charge in [-0.15, -0.1) is 0 Å². The van der Waals surface area contributed by atoms with Crippen LogP contribution in [0.2, 0.25) is 0 Å². The first kappa shape index (κ1) is 21.2. The largest absolute Gasteiger partial charge is 0.362 e. The topological polar surface area (TPSA) is 87.0 Å². The van der Waals surface area contributed by atoms with Crippen LogP contribution in [0.5, 0.6) is 0 Å². The van der Waals surface area contributed by atoms with Gasteiger partial charge >= 0.3 is 10.2 Å². The maximum Gasteiger partial charge on any atom is 0.303 e. The van der Waals surface area contributed by atoms with Gasteiger partial charge in [0.25, 0.3) is 5.91 Å². The molecule has 1 aliphatic rings. The Bertz CT molecular complexity index is 1260. The number of halogens is 2. The number of rotatable bonds is 5. The maximum absolute atomic E-state index is 15.6. The molecule has 1 atom stereocenters. The van der Waals surface area contributed by atoms with Crippen LogP contribution in [0.1, 0.15) is 34.8 Å². The molecule has 0 spiro atoms. The van der Waals surface area contributed by atoms with Gasteiger partial charge in [0.2, 0.25) is 0 Å². The van der Waals surface area contributed by atoms with Gasteiger partial charge in [-0.2, -0.15) is 17.8 Å². The molecule has 3 aromatic rings. The van der Waals surface area contributed by atoms with Gasteiger partial charge in [0.05, 0.1) is 23.5 Å². The predicted octanol–water partition coefficient (Wildman–Crippen LogP) is 2.49. The molecule has 8 nitrogen and oxygen atoms in total. The third-order valence-corrected chi connectivity index (χ3v) is 6.75. The summed E-state index contributed by atoms with van der Waals surface area (Å²) in [4.78, 5) is 14.4. The van der Waals surface area contributed by atoms with Crippen molar-refractivity contribution in [2.75, 3.05) is 25.5 Å². The van der Waals surface area contributed by atoms with Crippen LogP contribution < -0.4 is 9.62 Å². The number of nitrogens with one attached hydrogen (secondary N) is 1. The van der Waals surface area contributed by atoms with Gasteiger partial charge in [-0.3, -0.25) is 4.79 Å². The van der Waals surface area contributed by atoms with Crippen LogP contribution in [0.15, 0.2) is 42.7 Å².